The van der Waals surface area contributed by atoms with E-state index in [-0.39, 0.29) is 30.6 Å². The fraction of sp³-hybridized carbons (Fsp3) is 0.312. The molecule has 0 heterocycles. The van der Waals surface area contributed by atoms with E-state index in [4.69, 9.17) is 4.74 Å². The Labute approximate surface area is 228 Å². The third-order valence-corrected chi connectivity index (χ3v) is 6.92. The maximum absolute atomic E-state index is 15.2. The molecular weight excluding hydrogens is 533 g/mol. The summed E-state index contributed by atoms with van der Waals surface area (Å²) >= 11 is 0. The molecular formula is C32H29F7O. The van der Waals surface area contributed by atoms with E-state index in [1.165, 1.54) is 18.2 Å². The minimum atomic E-state index is -4.78. The van der Waals surface area contributed by atoms with Crippen molar-refractivity contribution in [2.45, 2.75) is 58.0 Å². The van der Waals surface area contributed by atoms with Gasteiger partial charge < -0.3 is 4.74 Å². The maximum atomic E-state index is 15.2. The lowest BCUT2D eigenvalue weighted by molar-refractivity contribution is -0.140. The van der Waals surface area contributed by atoms with Gasteiger partial charge in [0.15, 0.2) is 0 Å². The van der Waals surface area contributed by atoms with Gasteiger partial charge in [0.25, 0.3) is 0 Å². The molecule has 4 aromatic carbocycles. The Balaban J connectivity index is 1.41. The predicted octanol–water partition coefficient (Wildman–Crippen LogP) is 9.55. The number of unbranched alkanes of at least 4 members (excludes halogenated alkanes) is 2. The van der Waals surface area contributed by atoms with Crippen molar-refractivity contribution in [1.82, 2.24) is 0 Å². The van der Waals surface area contributed by atoms with Crippen LogP contribution in [0, 0.1) is 23.3 Å². The van der Waals surface area contributed by atoms with E-state index in [0.29, 0.717) is 41.0 Å². The van der Waals surface area contributed by atoms with Crippen LogP contribution in [0.1, 0.15) is 54.0 Å². The molecule has 0 aliphatic carbocycles. The van der Waals surface area contributed by atoms with E-state index in [2.05, 4.69) is 6.92 Å². The standard InChI is InChI=1S/C32H29F7O/c1-2-3-4-15-40-24-18-28(33)26(29(34)19-24)13-7-20-6-12-25-23(16-20)11-10-22(31(25)36)9-5-21-8-14-27(30(35)17-21)32(37,38)39/h6,8,10-12,14,16-19H,2-5,7,9,13,15H2,1H3. The zero-order valence-corrected chi connectivity index (χ0v) is 22.0. The van der Waals surface area contributed by atoms with Gasteiger partial charge in [-0.2, -0.15) is 13.2 Å². The van der Waals surface area contributed by atoms with E-state index in [1.54, 1.807) is 30.3 Å². The molecule has 8 heteroatoms. The summed E-state index contributed by atoms with van der Waals surface area (Å²) in [7, 11) is 0. The molecule has 0 radical (unpaired) electrons. The molecule has 40 heavy (non-hydrogen) atoms. The van der Waals surface area contributed by atoms with Crippen LogP contribution in [0.25, 0.3) is 10.8 Å². The average Bonchev–Trinajstić information content (AvgIpc) is 2.89. The number of hydrogen-bond donors (Lipinski definition) is 0. The smallest absolute Gasteiger partial charge is 0.419 e. The second-order valence-corrected chi connectivity index (χ2v) is 9.83. The molecule has 0 spiro atoms. The molecule has 0 aromatic heterocycles. The third-order valence-electron chi connectivity index (χ3n) is 6.92. The fourth-order valence-corrected chi connectivity index (χ4v) is 4.67. The van der Waals surface area contributed by atoms with E-state index < -0.39 is 35.0 Å². The van der Waals surface area contributed by atoms with Gasteiger partial charge >= 0.3 is 6.18 Å². The Kier molecular flexibility index (Phi) is 9.38. The van der Waals surface area contributed by atoms with Crippen molar-refractivity contribution in [3.05, 3.63) is 112 Å². The molecule has 0 N–H and O–H groups in total. The van der Waals surface area contributed by atoms with Crippen LogP contribution in [0.15, 0.2) is 60.7 Å². The summed E-state index contributed by atoms with van der Waals surface area (Å²) in [6, 6.07) is 13.5. The van der Waals surface area contributed by atoms with E-state index in [9.17, 15) is 26.3 Å². The van der Waals surface area contributed by atoms with Crippen molar-refractivity contribution in [3.8, 4) is 5.75 Å². The van der Waals surface area contributed by atoms with E-state index in [0.717, 1.165) is 30.9 Å². The maximum Gasteiger partial charge on any atom is 0.419 e. The molecule has 1 nitrogen and oxygen atoms in total. The number of aryl methyl sites for hydroxylation is 3. The normalized spacial score (nSPS) is 11.8. The zero-order valence-electron chi connectivity index (χ0n) is 22.0. The van der Waals surface area contributed by atoms with Crippen molar-refractivity contribution in [1.29, 1.82) is 0 Å². The minimum absolute atomic E-state index is 0.0396. The summed E-state index contributed by atoms with van der Waals surface area (Å²) in [6.07, 6.45) is -1.19. The lowest BCUT2D eigenvalue weighted by Crippen LogP contribution is -2.08. The second kappa shape index (κ2) is 12.7. The zero-order chi connectivity index (χ0) is 28.9. The first-order valence-electron chi connectivity index (χ1n) is 13.2. The Morgan fingerprint density at radius 2 is 1.35 bits per heavy atom. The highest BCUT2D eigenvalue weighted by atomic mass is 19.4. The van der Waals surface area contributed by atoms with Crippen LogP contribution in [0.3, 0.4) is 0 Å². The SMILES string of the molecule is CCCCCOc1cc(F)c(CCc2ccc3c(F)c(CCc4ccc(C(F)(F)F)c(F)c4)ccc3c2)c(F)c1. The van der Waals surface area contributed by atoms with Crippen LogP contribution in [-0.2, 0) is 31.9 Å². The monoisotopic (exact) mass is 562 g/mol. The van der Waals surface area contributed by atoms with Crippen LogP contribution < -0.4 is 4.74 Å². The Morgan fingerprint density at radius 3 is 2.02 bits per heavy atom. The predicted molar refractivity (Wildman–Crippen MR) is 142 cm³/mol. The summed E-state index contributed by atoms with van der Waals surface area (Å²) < 4.78 is 102. The summed E-state index contributed by atoms with van der Waals surface area (Å²) in [6.45, 7) is 2.45. The van der Waals surface area contributed by atoms with Gasteiger partial charge in [-0.3, -0.25) is 0 Å². The Bertz CT molecular complexity index is 1450. The second-order valence-electron chi connectivity index (χ2n) is 9.83. The number of halogens is 7. The van der Waals surface area contributed by atoms with Crippen molar-refractivity contribution < 1.29 is 35.5 Å². The van der Waals surface area contributed by atoms with Crippen LogP contribution >= 0.6 is 0 Å². The van der Waals surface area contributed by atoms with Crippen molar-refractivity contribution in [2.24, 2.45) is 0 Å². The first kappa shape index (κ1) is 29.4. The minimum Gasteiger partial charge on any atom is -0.493 e. The topological polar surface area (TPSA) is 9.23 Å². The van der Waals surface area contributed by atoms with Crippen molar-refractivity contribution >= 4 is 10.8 Å². The van der Waals surface area contributed by atoms with Gasteiger partial charge in [0.2, 0.25) is 0 Å². The molecule has 4 aromatic rings. The Hall–Kier alpha value is -3.55. The van der Waals surface area contributed by atoms with Gasteiger partial charge in [0, 0.05) is 23.1 Å². The van der Waals surface area contributed by atoms with E-state index in [1.807, 2.05) is 0 Å². The van der Waals surface area contributed by atoms with Crippen LogP contribution in [0.2, 0.25) is 0 Å². The fourth-order valence-electron chi connectivity index (χ4n) is 4.67. The van der Waals surface area contributed by atoms with Crippen LogP contribution in [0.4, 0.5) is 30.7 Å². The van der Waals surface area contributed by atoms with Crippen molar-refractivity contribution in [2.75, 3.05) is 6.61 Å². The number of alkyl halides is 3. The Morgan fingerprint density at radius 1 is 0.675 bits per heavy atom. The van der Waals surface area contributed by atoms with Gasteiger partial charge in [-0.05, 0) is 66.3 Å². The molecule has 0 amide bonds. The summed E-state index contributed by atoms with van der Waals surface area (Å²) in [5.41, 5.74) is 0.0802. The lowest BCUT2D eigenvalue weighted by atomic mass is 9.97. The summed E-state index contributed by atoms with van der Waals surface area (Å²) in [5, 5.41) is 0.956. The highest BCUT2D eigenvalue weighted by molar-refractivity contribution is 5.84. The van der Waals surface area contributed by atoms with Crippen molar-refractivity contribution in [3.63, 3.8) is 0 Å². The molecule has 0 saturated carbocycles. The number of benzene rings is 4. The van der Waals surface area contributed by atoms with Gasteiger partial charge in [-0.25, -0.2) is 17.6 Å². The summed E-state index contributed by atoms with van der Waals surface area (Å²) in [5.74, 6) is -3.01. The molecule has 0 aliphatic rings. The number of rotatable bonds is 11. The van der Waals surface area contributed by atoms with Crippen LogP contribution in [-0.4, -0.2) is 6.61 Å². The average molecular weight is 563 g/mol. The highest BCUT2D eigenvalue weighted by Crippen LogP contribution is 2.32. The third kappa shape index (κ3) is 7.14. The quantitative estimate of drug-likeness (QED) is 0.131. The van der Waals surface area contributed by atoms with Gasteiger partial charge in [0.1, 0.15) is 29.0 Å². The van der Waals surface area contributed by atoms with Gasteiger partial charge in [-0.1, -0.05) is 56.2 Å². The van der Waals surface area contributed by atoms with Gasteiger partial charge in [-0.15, -0.1) is 0 Å². The molecule has 0 bridgehead atoms. The first-order chi connectivity index (χ1) is 19.1. The lowest BCUT2D eigenvalue weighted by Gasteiger charge is -2.12. The van der Waals surface area contributed by atoms with Crippen LogP contribution in [0.5, 0.6) is 5.75 Å². The molecule has 0 fully saturated rings. The molecule has 0 aliphatic heterocycles. The number of hydrogen-bond acceptors (Lipinski definition) is 1. The van der Waals surface area contributed by atoms with E-state index >= 15 is 4.39 Å². The largest absolute Gasteiger partial charge is 0.493 e. The molecule has 4 rings (SSSR count). The molecule has 0 atom stereocenters. The van der Waals surface area contributed by atoms with Gasteiger partial charge in [0.05, 0.1) is 12.2 Å². The summed E-state index contributed by atoms with van der Waals surface area (Å²) in [4.78, 5) is 0. The highest BCUT2D eigenvalue weighted by Gasteiger charge is 2.33. The number of fused-ring (bicyclic) bond motifs is 1. The number of ether oxygens (including phenoxy) is 1. The molecule has 0 unspecified atom stereocenters. The molecule has 0 saturated heterocycles. The first-order valence-corrected chi connectivity index (χ1v) is 13.2. The molecule has 212 valence electrons.